The fourth-order valence-corrected chi connectivity index (χ4v) is 4.63. The second kappa shape index (κ2) is 13.7. The van der Waals surface area contributed by atoms with Gasteiger partial charge in [-0.1, -0.05) is 47.5 Å². The van der Waals surface area contributed by atoms with E-state index in [1.165, 1.54) is 31.3 Å². The fraction of sp³-hybridized carbons (Fsp3) is 0.345. The van der Waals surface area contributed by atoms with Crippen molar-refractivity contribution in [2.75, 3.05) is 20.1 Å². The molecule has 2 atom stereocenters. The molecule has 7 nitrogen and oxygen atoms in total. The molecule has 220 valence electrons. The number of hydrogen-bond donors (Lipinski definition) is 4. The van der Waals surface area contributed by atoms with Crippen LogP contribution in [0, 0.1) is 5.41 Å². The number of amides is 2. The van der Waals surface area contributed by atoms with Crippen LogP contribution < -0.4 is 5.32 Å². The van der Waals surface area contributed by atoms with Crippen molar-refractivity contribution in [1.29, 1.82) is 5.41 Å². The summed E-state index contributed by atoms with van der Waals surface area (Å²) in [5.41, 5.74) is 1.95. The van der Waals surface area contributed by atoms with Crippen molar-refractivity contribution in [1.82, 2.24) is 10.2 Å². The average molecular weight is 611 g/mol. The first-order chi connectivity index (χ1) is 19.2. The summed E-state index contributed by atoms with van der Waals surface area (Å²) in [5, 5.41) is 32.3. The fourth-order valence-electron chi connectivity index (χ4n) is 4.31. The highest BCUT2D eigenvalue weighted by Gasteiger charge is 2.41. The minimum absolute atomic E-state index is 0.128. The number of halogens is 5. The van der Waals surface area contributed by atoms with E-state index in [0.717, 1.165) is 11.1 Å². The lowest BCUT2D eigenvalue weighted by molar-refractivity contribution is -0.204. The van der Waals surface area contributed by atoms with E-state index < -0.39 is 36.3 Å². The van der Waals surface area contributed by atoms with Crippen molar-refractivity contribution in [3.63, 3.8) is 0 Å². The van der Waals surface area contributed by atoms with Crippen LogP contribution in [0.3, 0.4) is 0 Å². The molecular formula is C29H31Cl2F3N4O3. The molecule has 2 aromatic rings. The summed E-state index contributed by atoms with van der Waals surface area (Å²) < 4.78 is 39.5. The van der Waals surface area contributed by atoms with Crippen molar-refractivity contribution in [3.05, 3.63) is 86.9 Å². The number of carbonyl (C=O) groups is 1. The molecule has 0 aromatic heterocycles. The zero-order valence-corrected chi connectivity index (χ0v) is 24.0. The lowest BCUT2D eigenvalue weighted by Crippen LogP contribution is -2.51. The molecule has 0 aliphatic heterocycles. The van der Waals surface area contributed by atoms with Gasteiger partial charge in [-0.2, -0.15) is 13.2 Å². The van der Waals surface area contributed by atoms with Crippen molar-refractivity contribution < 1.29 is 28.2 Å². The van der Waals surface area contributed by atoms with Gasteiger partial charge in [0.05, 0.1) is 24.4 Å². The monoisotopic (exact) mass is 610 g/mol. The van der Waals surface area contributed by atoms with Gasteiger partial charge in [-0.15, -0.1) is 0 Å². The van der Waals surface area contributed by atoms with Gasteiger partial charge >= 0.3 is 12.2 Å². The minimum Gasteiger partial charge on any atom is -0.390 e. The first-order valence-electron chi connectivity index (χ1n) is 12.7. The van der Waals surface area contributed by atoms with Crippen LogP contribution in [0.5, 0.6) is 0 Å². The molecule has 12 heteroatoms. The number of urea groups is 1. The molecule has 0 bridgehead atoms. The Labute approximate surface area is 246 Å². The van der Waals surface area contributed by atoms with Gasteiger partial charge in [-0.3, -0.25) is 15.3 Å². The normalized spacial score (nSPS) is 18.9. The van der Waals surface area contributed by atoms with Crippen molar-refractivity contribution in [2.24, 2.45) is 4.99 Å². The minimum atomic E-state index is -5.00. The van der Waals surface area contributed by atoms with Gasteiger partial charge in [0.1, 0.15) is 5.84 Å². The van der Waals surface area contributed by atoms with Crippen LogP contribution in [-0.2, 0) is 0 Å². The number of carbonyl (C=O) groups excluding carboxylic acids is 1. The standard InChI is InChI=1S/C29H31Cl2F3N4O3/c1-28(41)13-12-19(7-6-18-4-3-5-22(31)14-18)23(15-28)24(36-2)16-37-27(40)38(17-25(39)29(32,33)34)26(35)20-8-10-21(30)11-9-20/h3-11,14,25,35,39,41H,12-13,15-17H2,1-2H3,(H,37,40)/b7-6+,35-26?,36-24?/t25-,28?/m0/s1. The number of hydrogen-bond acceptors (Lipinski definition) is 5. The maximum absolute atomic E-state index is 13.2. The van der Waals surface area contributed by atoms with E-state index in [4.69, 9.17) is 28.6 Å². The molecule has 0 saturated carbocycles. The molecule has 4 N–H and O–H groups in total. The maximum atomic E-state index is 13.2. The summed E-state index contributed by atoms with van der Waals surface area (Å²) in [7, 11) is 1.51. The summed E-state index contributed by atoms with van der Waals surface area (Å²) in [6, 6.07) is 11.9. The maximum Gasteiger partial charge on any atom is 0.416 e. The second-order valence-corrected chi connectivity index (χ2v) is 10.8. The van der Waals surface area contributed by atoms with Gasteiger partial charge in [0.15, 0.2) is 6.10 Å². The van der Waals surface area contributed by atoms with Crippen LogP contribution in [0.1, 0.15) is 37.3 Å². The van der Waals surface area contributed by atoms with E-state index in [1.807, 2.05) is 24.3 Å². The zero-order valence-electron chi connectivity index (χ0n) is 22.5. The first-order valence-corrected chi connectivity index (χ1v) is 13.4. The van der Waals surface area contributed by atoms with Gasteiger partial charge in [-0.05, 0) is 72.9 Å². The Bertz CT molecular complexity index is 1360. The van der Waals surface area contributed by atoms with Crippen LogP contribution in [-0.4, -0.2) is 70.7 Å². The molecule has 1 aliphatic carbocycles. The molecule has 41 heavy (non-hydrogen) atoms. The molecule has 2 amide bonds. The largest absolute Gasteiger partial charge is 0.416 e. The van der Waals surface area contributed by atoms with Crippen LogP contribution in [0.2, 0.25) is 10.0 Å². The highest BCUT2D eigenvalue weighted by atomic mass is 35.5. The summed E-state index contributed by atoms with van der Waals surface area (Å²) in [5.74, 6) is -0.553. The van der Waals surface area contributed by atoms with Crippen LogP contribution in [0.4, 0.5) is 18.0 Å². The number of nitrogens with one attached hydrogen (secondary N) is 2. The third-order valence-corrected chi connectivity index (χ3v) is 7.08. The van der Waals surface area contributed by atoms with E-state index in [-0.39, 0.29) is 18.5 Å². The van der Waals surface area contributed by atoms with Gasteiger partial charge in [0.25, 0.3) is 0 Å². The molecule has 0 heterocycles. The molecule has 1 unspecified atom stereocenters. The lowest BCUT2D eigenvalue weighted by atomic mass is 9.79. The number of rotatable bonds is 8. The van der Waals surface area contributed by atoms with E-state index in [9.17, 15) is 28.2 Å². The number of amidine groups is 1. The number of aliphatic imine (C=N–C) groups is 1. The highest BCUT2D eigenvalue weighted by Crippen LogP contribution is 2.34. The van der Waals surface area contributed by atoms with E-state index >= 15 is 0 Å². The number of nitrogens with zero attached hydrogens (tertiary/aromatic N) is 2. The third kappa shape index (κ3) is 9.16. The molecular weight excluding hydrogens is 580 g/mol. The Kier molecular flexibility index (Phi) is 10.8. The summed E-state index contributed by atoms with van der Waals surface area (Å²) >= 11 is 12.0. The number of aliphatic hydroxyl groups excluding tert-OH is 1. The Hall–Kier alpha value is -3.18. The highest BCUT2D eigenvalue weighted by molar-refractivity contribution is 6.31. The molecule has 2 aromatic carbocycles. The SMILES string of the molecule is CN=C(CNC(=O)N(C[C@H](O)C(F)(F)F)C(=N)c1ccc(Cl)cc1)C1=C(/C=C/c2cccc(Cl)c2)CCC(C)(O)C1. The molecule has 1 aliphatic rings. The zero-order chi connectivity index (χ0) is 30.4. The second-order valence-electron chi connectivity index (χ2n) is 9.92. The van der Waals surface area contributed by atoms with Gasteiger partial charge in [0.2, 0.25) is 0 Å². The summed E-state index contributed by atoms with van der Waals surface area (Å²) in [6.07, 6.45) is -2.85. The first kappa shape index (κ1) is 32.3. The number of alkyl halides is 3. The van der Waals surface area contributed by atoms with Gasteiger partial charge in [0, 0.05) is 29.1 Å². The van der Waals surface area contributed by atoms with Crippen LogP contribution in [0.25, 0.3) is 6.08 Å². The Balaban J connectivity index is 1.86. The summed E-state index contributed by atoms with van der Waals surface area (Å²) in [4.78, 5) is 18.0. The quantitative estimate of drug-likeness (QED) is 0.209. The van der Waals surface area contributed by atoms with Gasteiger partial charge in [-0.25, -0.2) is 4.79 Å². The number of aliphatic hydroxyl groups is 2. The van der Waals surface area contributed by atoms with E-state index in [2.05, 4.69) is 10.3 Å². The number of allylic oxidation sites excluding steroid dienone is 2. The van der Waals surface area contributed by atoms with E-state index in [1.54, 1.807) is 19.1 Å². The lowest BCUT2D eigenvalue weighted by Gasteiger charge is -2.32. The molecule has 0 saturated heterocycles. The summed E-state index contributed by atoms with van der Waals surface area (Å²) in [6.45, 7) is 0.312. The molecule has 0 radical (unpaired) electrons. The topological polar surface area (TPSA) is 109 Å². The van der Waals surface area contributed by atoms with Crippen molar-refractivity contribution >= 4 is 46.9 Å². The van der Waals surface area contributed by atoms with Crippen LogP contribution in [0.15, 0.2) is 70.7 Å². The van der Waals surface area contributed by atoms with Crippen LogP contribution >= 0.6 is 23.2 Å². The van der Waals surface area contributed by atoms with Crippen molar-refractivity contribution in [2.45, 2.75) is 44.1 Å². The smallest absolute Gasteiger partial charge is 0.390 e. The predicted octanol–water partition coefficient (Wildman–Crippen LogP) is 6.27. The van der Waals surface area contributed by atoms with Crippen molar-refractivity contribution in [3.8, 4) is 0 Å². The third-order valence-electron chi connectivity index (χ3n) is 6.60. The predicted molar refractivity (Wildman–Crippen MR) is 156 cm³/mol. The number of benzene rings is 2. The Morgan fingerprint density at radius 2 is 1.88 bits per heavy atom. The molecule has 3 rings (SSSR count). The average Bonchev–Trinajstić information content (AvgIpc) is 2.90. The Morgan fingerprint density at radius 1 is 1.20 bits per heavy atom. The molecule has 0 spiro atoms. The van der Waals surface area contributed by atoms with Gasteiger partial charge < -0.3 is 15.5 Å². The van der Waals surface area contributed by atoms with E-state index in [0.29, 0.717) is 39.1 Å². The molecule has 0 fully saturated rings. The Morgan fingerprint density at radius 3 is 2.49 bits per heavy atom.